The van der Waals surface area contributed by atoms with Crippen molar-refractivity contribution in [2.24, 2.45) is 11.1 Å². The standard InChI is InChI=1S/C8H17N3O5S/c1-6(7(12)13)2-3-10-8(14)11-4-5-17(9,15)16/h6H,2-5H2,1H3,(H,12,13)(H2,9,15,16)(H2,10,11,14). The summed E-state index contributed by atoms with van der Waals surface area (Å²) in [5, 5.41) is 18.0. The molecule has 1 atom stereocenters. The third-order valence-electron chi connectivity index (χ3n) is 1.96. The first-order chi connectivity index (χ1) is 7.72. The third kappa shape index (κ3) is 9.57. The molecule has 8 nitrogen and oxygen atoms in total. The van der Waals surface area contributed by atoms with Gasteiger partial charge in [0.1, 0.15) is 0 Å². The molecule has 0 aliphatic heterocycles. The molecular weight excluding hydrogens is 250 g/mol. The Balaban J connectivity index is 3.64. The van der Waals surface area contributed by atoms with Gasteiger partial charge in [-0.1, -0.05) is 6.92 Å². The number of carbonyl (C=O) groups is 2. The largest absolute Gasteiger partial charge is 0.481 e. The van der Waals surface area contributed by atoms with Gasteiger partial charge in [-0.25, -0.2) is 18.4 Å². The number of hydrogen-bond acceptors (Lipinski definition) is 4. The third-order valence-corrected chi connectivity index (χ3v) is 2.73. The molecule has 17 heavy (non-hydrogen) atoms. The Hall–Kier alpha value is -1.35. The molecule has 0 fully saturated rings. The number of nitrogens with two attached hydrogens (primary N) is 1. The summed E-state index contributed by atoms with van der Waals surface area (Å²) < 4.78 is 21.1. The van der Waals surface area contributed by atoms with Crippen LogP contribution in [0.1, 0.15) is 13.3 Å². The van der Waals surface area contributed by atoms with Crippen LogP contribution in [-0.2, 0) is 14.8 Å². The maximum Gasteiger partial charge on any atom is 0.314 e. The van der Waals surface area contributed by atoms with Gasteiger partial charge in [0.15, 0.2) is 0 Å². The lowest BCUT2D eigenvalue weighted by Crippen LogP contribution is -2.39. The number of carbonyl (C=O) groups excluding carboxylic acids is 1. The van der Waals surface area contributed by atoms with Crippen molar-refractivity contribution in [1.29, 1.82) is 0 Å². The second kappa shape index (κ2) is 7.07. The number of carboxylic acid groups (broad SMARTS) is 1. The maximum atomic E-state index is 11.1. The van der Waals surface area contributed by atoms with Crippen molar-refractivity contribution in [2.45, 2.75) is 13.3 Å². The van der Waals surface area contributed by atoms with Crippen molar-refractivity contribution in [1.82, 2.24) is 10.6 Å². The van der Waals surface area contributed by atoms with E-state index in [0.29, 0.717) is 6.42 Å². The van der Waals surface area contributed by atoms with Crippen LogP contribution in [0.3, 0.4) is 0 Å². The first-order valence-electron chi connectivity index (χ1n) is 4.97. The lowest BCUT2D eigenvalue weighted by atomic mass is 10.1. The van der Waals surface area contributed by atoms with Crippen LogP contribution in [0.25, 0.3) is 0 Å². The molecule has 5 N–H and O–H groups in total. The molecule has 0 aromatic rings. The quantitative estimate of drug-likeness (QED) is 0.453. The minimum absolute atomic E-state index is 0.0842. The van der Waals surface area contributed by atoms with Gasteiger partial charge in [-0.15, -0.1) is 0 Å². The molecule has 1 unspecified atom stereocenters. The average Bonchev–Trinajstić information content (AvgIpc) is 2.15. The zero-order valence-electron chi connectivity index (χ0n) is 9.47. The number of hydrogen-bond donors (Lipinski definition) is 4. The van der Waals surface area contributed by atoms with Crippen molar-refractivity contribution in [2.75, 3.05) is 18.8 Å². The fraction of sp³-hybridized carbons (Fsp3) is 0.750. The first-order valence-corrected chi connectivity index (χ1v) is 6.69. The molecule has 0 saturated carbocycles. The van der Waals surface area contributed by atoms with E-state index >= 15 is 0 Å². The summed E-state index contributed by atoms with van der Waals surface area (Å²) in [6, 6.07) is -0.550. The van der Waals surface area contributed by atoms with Gasteiger partial charge in [-0.05, 0) is 6.42 Å². The number of sulfonamides is 1. The Kier molecular flexibility index (Phi) is 6.51. The Bertz CT molecular complexity index is 367. The Morgan fingerprint density at radius 3 is 2.29 bits per heavy atom. The fourth-order valence-electron chi connectivity index (χ4n) is 0.895. The molecule has 0 aromatic heterocycles. The smallest absolute Gasteiger partial charge is 0.314 e. The summed E-state index contributed by atoms with van der Waals surface area (Å²) in [6.07, 6.45) is 0.304. The highest BCUT2D eigenvalue weighted by atomic mass is 32.2. The predicted molar refractivity (Wildman–Crippen MR) is 60.8 cm³/mol. The Labute approximate surface area is 99.6 Å². The van der Waals surface area contributed by atoms with Crippen LogP contribution < -0.4 is 15.8 Å². The lowest BCUT2D eigenvalue weighted by molar-refractivity contribution is -0.141. The molecule has 0 aliphatic carbocycles. The van der Waals surface area contributed by atoms with Gasteiger partial charge in [-0.2, -0.15) is 0 Å². The van der Waals surface area contributed by atoms with Crippen LogP contribution in [-0.4, -0.2) is 44.4 Å². The van der Waals surface area contributed by atoms with Gasteiger partial charge in [-0.3, -0.25) is 4.79 Å². The van der Waals surface area contributed by atoms with E-state index in [1.54, 1.807) is 0 Å². The summed E-state index contributed by atoms with van der Waals surface area (Å²) in [5.41, 5.74) is 0. The van der Waals surface area contributed by atoms with E-state index in [4.69, 9.17) is 10.2 Å². The van der Waals surface area contributed by atoms with Gasteiger partial charge < -0.3 is 15.7 Å². The van der Waals surface area contributed by atoms with Gasteiger partial charge in [0.05, 0.1) is 11.7 Å². The summed E-state index contributed by atoms with van der Waals surface area (Å²) in [4.78, 5) is 21.5. The number of rotatable bonds is 7. The van der Waals surface area contributed by atoms with Gasteiger partial charge in [0.25, 0.3) is 0 Å². The summed E-state index contributed by atoms with van der Waals surface area (Å²) in [5.74, 6) is -1.81. The van der Waals surface area contributed by atoms with E-state index < -0.39 is 27.9 Å². The molecule has 9 heteroatoms. The summed E-state index contributed by atoms with van der Waals surface area (Å²) in [6.45, 7) is 1.65. The molecule has 0 bridgehead atoms. The monoisotopic (exact) mass is 267 g/mol. The summed E-state index contributed by atoms with van der Waals surface area (Å²) in [7, 11) is -3.59. The average molecular weight is 267 g/mol. The number of amides is 2. The molecule has 0 spiro atoms. The van der Waals surface area contributed by atoms with Gasteiger partial charge in [0.2, 0.25) is 10.0 Å². The number of aliphatic carboxylic acids is 1. The van der Waals surface area contributed by atoms with Crippen molar-refractivity contribution in [3.05, 3.63) is 0 Å². The van der Waals surface area contributed by atoms with Crippen molar-refractivity contribution < 1.29 is 23.1 Å². The maximum absolute atomic E-state index is 11.1. The van der Waals surface area contributed by atoms with E-state index in [1.165, 1.54) is 6.92 Å². The Morgan fingerprint density at radius 1 is 1.29 bits per heavy atom. The molecule has 0 aliphatic rings. The molecule has 0 aromatic carbocycles. The number of carboxylic acids is 1. The fourth-order valence-corrected chi connectivity index (χ4v) is 1.28. The zero-order valence-corrected chi connectivity index (χ0v) is 10.3. The van der Waals surface area contributed by atoms with Gasteiger partial charge in [0, 0.05) is 13.1 Å². The summed E-state index contributed by atoms with van der Waals surface area (Å²) >= 11 is 0. The molecule has 0 heterocycles. The minimum Gasteiger partial charge on any atom is -0.481 e. The highest BCUT2D eigenvalue weighted by Crippen LogP contribution is 1.99. The zero-order chi connectivity index (χ0) is 13.5. The van der Waals surface area contributed by atoms with E-state index in [1.807, 2.05) is 0 Å². The van der Waals surface area contributed by atoms with Crippen molar-refractivity contribution in [3.8, 4) is 0 Å². The van der Waals surface area contributed by atoms with Crippen LogP contribution in [0.15, 0.2) is 0 Å². The normalized spacial score (nSPS) is 12.8. The van der Waals surface area contributed by atoms with E-state index in [2.05, 4.69) is 10.6 Å². The molecular formula is C8H17N3O5S. The second-order valence-electron chi connectivity index (χ2n) is 3.58. The van der Waals surface area contributed by atoms with E-state index in [-0.39, 0.29) is 18.8 Å². The first kappa shape index (κ1) is 15.7. The van der Waals surface area contributed by atoms with Crippen molar-refractivity contribution in [3.63, 3.8) is 0 Å². The Morgan fingerprint density at radius 2 is 1.82 bits per heavy atom. The molecule has 0 radical (unpaired) electrons. The number of urea groups is 1. The van der Waals surface area contributed by atoms with Crippen molar-refractivity contribution >= 4 is 22.0 Å². The van der Waals surface area contributed by atoms with Crippen LogP contribution in [0.4, 0.5) is 4.79 Å². The number of primary sulfonamides is 1. The molecule has 100 valence electrons. The molecule has 2 amide bonds. The number of nitrogens with one attached hydrogen (secondary N) is 2. The van der Waals surface area contributed by atoms with E-state index in [9.17, 15) is 18.0 Å². The topological polar surface area (TPSA) is 139 Å². The second-order valence-corrected chi connectivity index (χ2v) is 5.31. The molecule has 0 saturated heterocycles. The van der Waals surface area contributed by atoms with Crippen LogP contribution in [0, 0.1) is 5.92 Å². The highest BCUT2D eigenvalue weighted by molar-refractivity contribution is 7.89. The van der Waals surface area contributed by atoms with Crippen LogP contribution in [0.5, 0.6) is 0 Å². The van der Waals surface area contributed by atoms with Crippen LogP contribution in [0.2, 0.25) is 0 Å². The predicted octanol–water partition coefficient (Wildman–Crippen LogP) is -1.32. The highest BCUT2D eigenvalue weighted by Gasteiger charge is 2.10. The SMILES string of the molecule is CC(CCNC(=O)NCCS(N)(=O)=O)C(=O)O. The lowest BCUT2D eigenvalue weighted by Gasteiger charge is -2.08. The van der Waals surface area contributed by atoms with Crippen LogP contribution >= 0.6 is 0 Å². The molecule has 0 rings (SSSR count). The van der Waals surface area contributed by atoms with Gasteiger partial charge >= 0.3 is 12.0 Å². The minimum atomic E-state index is -3.59. The van der Waals surface area contributed by atoms with E-state index in [0.717, 1.165) is 0 Å².